The highest BCUT2D eigenvalue weighted by Crippen LogP contribution is 2.24. The van der Waals surface area contributed by atoms with Gasteiger partial charge in [0, 0.05) is 11.6 Å². The van der Waals surface area contributed by atoms with Crippen LogP contribution in [-0.4, -0.2) is 59.1 Å². The topological polar surface area (TPSA) is 122 Å². The largest absolute Gasteiger partial charge is 0.394 e. The minimum absolute atomic E-state index is 0.00510. The lowest BCUT2D eigenvalue weighted by atomic mass is 9.98. The van der Waals surface area contributed by atoms with E-state index in [2.05, 4.69) is 9.44 Å². The molecule has 0 saturated carbocycles. The molecule has 3 atom stereocenters. The van der Waals surface area contributed by atoms with Crippen LogP contribution in [0.2, 0.25) is 5.02 Å². The fraction of sp³-hybridized carbons (Fsp3) is 0.625. The van der Waals surface area contributed by atoms with Gasteiger partial charge in [-0.1, -0.05) is 17.7 Å². The molecule has 2 rings (SSSR count). The second-order valence-corrected chi connectivity index (χ2v) is 10.6. The number of hydrogen-bond donors (Lipinski definition) is 3. The Morgan fingerprint density at radius 2 is 2.00 bits per heavy atom. The van der Waals surface area contributed by atoms with E-state index in [0.29, 0.717) is 24.3 Å². The van der Waals surface area contributed by atoms with Gasteiger partial charge in [-0.15, -0.1) is 0 Å². The lowest BCUT2D eigenvalue weighted by molar-refractivity contribution is -0.0869. The van der Waals surface area contributed by atoms with Crippen LogP contribution in [0.15, 0.2) is 29.2 Å². The van der Waals surface area contributed by atoms with E-state index in [1.54, 1.807) is 19.1 Å². The highest BCUT2D eigenvalue weighted by atomic mass is 35.5. The van der Waals surface area contributed by atoms with Gasteiger partial charge < -0.3 is 9.84 Å². The summed E-state index contributed by atoms with van der Waals surface area (Å²) in [7, 11) is -7.07. The van der Waals surface area contributed by atoms with E-state index in [1.165, 1.54) is 12.1 Å². The molecular formula is C16H25ClN2O6S2. The second kappa shape index (κ2) is 9.64. The molecular weight excluding hydrogens is 416 g/mol. The Kier molecular flexibility index (Phi) is 8.05. The van der Waals surface area contributed by atoms with Crippen LogP contribution in [0, 0.1) is 0 Å². The first-order chi connectivity index (χ1) is 12.7. The molecule has 1 aromatic carbocycles. The van der Waals surface area contributed by atoms with Crippen LogP contribution < -0.4 is 9.44 Å². The maximum atomic E-state index is 12.5. The van der Waals surface area contributed by atoms with E-state index in [4.69, 9.17) is 16.3 Å². The van der Waals surface area contributed by atoms with E-state index in [0.717, 1.165) is 0 Å². The number of ether oxygens (including phenoxy) is 1. The molecule has 0 radical (unpaired) electrons. The highest BCUT2D eigenvalue weighted by Gasteiger charge is 2.34. The molecule has 1 aliphatic rings. The van der Waals surface area contributed by atoms with Crippen LogP contribution in [0.5, 0.6) is 0 Å². The van der Waals surface area contributed by atoms with Crippen molar-refractivity contribution in [3.05, 3.63) is 29.3 Å². The lowest BCUT2D eigenvalue weighted by Crippen LogP contribution is -2.51. The van der Waals surface area contributed by atoms with Crippen molar-refractivity contribution in [2.24, 2.45) is 0 Å². The van der Waals surface area contributed by atoms with Gasteiger partial charge in [0.25, 0.3) is 0 Å². The SMILES string of the molecule is CCS(=O)(=O)NCC[C@@H]1CC[C@@H](NS(=O)(=O)c2cccc(Cl)c2)[C@@H](CO)O1. The van der Waals surface area contributed by atoms with Crippen LogP contribution in [-0.2, 0) is 24.8 Å². The Hall–Kier alpha value is -0.750. The zero-order chi connectivity index (χ0) is 20.1. The zero-order valence-corrected chi connectivity index (χ0v) is 17.4. The molecule has 3 N–H and O–H groups in total. The first-order valence-electron chi connectivity index (χ1n) is 8.68. The van der Waals surface area contributed by atoms with Crippen LogP contribution in [0.25, 0.3) is 0 Å². The van der Waals surface area contributed by atoms with Crippen molar-refractivity contribution in [2.75, 3.05) is 18.9 Å². The molecule has 8 nitrogen and oxygen atoms in total. The van der Waals surface area contributed by atoms with Gasteiger partial charge in [0.05, 0.1) is 35.5 Å². The third kappa shape index (κ3) is 6.67. The molecule has 154 valence electrons. The Labute approximate surface area is 165 Å². The van der Waals surface area contributed by atoms with Gasteiger partial charge in [-0.2, -0.15) is 0 Å². The van der Waals surface area contributed by atoms with Crippen LogP contribution in [0.1, 0.15) is 26.2 Å². The first-order valence-corrected chi connectivity index (χ1v) is 12.2. The first kappa shape index (κ1) is 22.5. The van der Waals surface area contributed by atoms with Gasteiger partial charge in [0.15, 0.2) is 0 Å². The van der Waals surface area contributed by atoms with Crippen molar-refractivity contribution in [1.29, 1.82) is 0 Å². The van der Waals surface area contributed by atoms with Gasteiger partial charge in [-0.05, 0) is 44.4 Å². The number of aliphatic hydroxyl groups is 1. The molecule has 0 bridgehead atoms. The van der Waals surface area contributed by atoms with Gasteiger partial charge in [-0.25, -0.2) is 26.3 Å². The molecule has 27 heavy (non-hydrogen) atoms. The summed E-state index contributed by atoms with van der Waals surface area (Å²) in [5.74, 6) is 0.00510. The molecule has 1 heterocycles. The Morgan fingerprint density at radius 3 is 2.63 bits per heavy atom. The monoisotopic (exact) mass is 440 g/mol. The van der Waals surface area contributed by atoms with Crippen LogP contribution in [0.3, 0.4) is 0 Å². The van der Waals surface area contributed by atoms with Crippen molar-refractivity contribution in [1.82, 2.24) is 9.44 Å². The summed E-state index contributed by atoms with van der Waals surface area (Å²) in [6.45, 7) is 1.44. The van der Waals surface area contributed by atoms with Crippen LogP contribution in [0.4, 0.5) is 0 Å². The average Bonchev–Trinajstić information content (AvgIpc) is 2.62. The van der Waals surface area contributed by atoms with E-state index < -0.39 is 32.2 Å². The molecule has 1 aliphatic heterocycles. The summed E-state index contributed by atoms with van der Waals surface area (Å²) in [6, 6.07) is 5.34. The number of halogens is 1. The summed E-state index contributed by atoms with van der Waals surface area (Å²) in [5, 5.41) is 9.90. The Balaban J connectivity index is 1.95. The van der Waals surface area contributed by atoms with Gasteiger partial charge >= 0.3 is 0 Å². The van der Waals surface area contributed by atoms with E-state index >= 15 is 0 Å². The fourth-order valence-electron chi connectivity index (χ4n) is 2.86. The van der Waals surface area contributed by atoms with Crippen molar-refractivity contribution >= 4 is 31.6 Å². The quantitative estimate of drug-likeness (QED) is 0.523. The molecule has 1 saturated heterocycles. The van der Waals surface area contributed by atoms with Crippen molar-refractivity contribution in [3.8, 4) is 0 Å². The molecule has 1 aromatic rings. The highest BCUT2D eigenvalue weighted by molar-refractivity contribution is 7.89. The standard InChI is InChI=1S/C16H25ClN2O6S2/c1-2-26(21,22)18-9-8-13-6-7-15(16(11-20)25-13)19-27(23,24)14-5-3-4-12(17)10-14/h3-5,10,13,15-16,18-20H,2,6-9,11H2,1H3/t13-,15+,16+/m0/s1. The smallest absolute Gasteiger partial charge is 0.240 e. The minimum atomic E-state index is -3.80. The average molecular weight is 441 g/mol. The number of aliphatic hydroxyl groups excluding tert-OH is 1. The van der Waals surface area contributed by atoms with Crippen molar-refractivity contribution in [3.63, 3.8) is 0 Å². The third-order valence-electron chi connectivity index (χ3n) is 4.38. The Bertz CT molecular complexity index is 831. The number of nitrogens with one attached hydrogen (secondary N) is 2. The molecule has 11 heteroatoms. The number of sulfonamides is 2. The summed E-state index contributed by atoms with van der Waals surface area (Å²) >= 11 is 5.85. The van der Waals surface area contributed by atoms with Crippen molar-refractivity contribution < 1.29 is 26.7 Å². The molecule has 0 aliphatic carbocycles. The summed E-state index contributed by atoms with van der Waals surface area (Å²) < 4.78 is 58.8. The van der Waals surface area contributed by atoms with Crippen LogP contribution >= 0.6 is 11.6 Å². The van der Waals surface area contributed by atoms with E-state index in [9.17, 15) is 21.9 Å². The Morgan fingerprint density at radius 1 is 1.26 bits per heavy atom. The van der Waals surface area contributed by atoms with E-state index in [1.807, 2.05) is 0 Å². The van der Waals surface area contributed by atoms with E-state index in [-0.39, 0.29) is 29.9 Å². The number of hydrogen-bond acceptors (Lipinski definition) is 6. The molecule has 0 unspecified atom stereocenters. The van der Waals surface area contributed by atoms with Gasteiger partial charge in [0.2, 0.25) is 20.0 Å². The molecule has 0 aromatic heterocycles. The third-order valence-corrected chi connectivity index (χ3v) is 7.50. The lowest BCUT2D eigenvalue weighted by Gasteiger charge is -2.36. The normalized spacial score (nSPS) is 24.0. The number of rotatable bonds is 9. The molecule has 0 spiro atoms. The predicted molar refractivity (Wildman–Crippen MR) is 103 cm³/mol. The summed E-state index contributed by atoms with van der Waals surface area (Å²) in [6.07, 6.45) is 0.501. The van der Waals surface area contributed by atoms with Crippen molar-refractivity contribution in [2.45, 2.75) is 49.3 Å². The number of benzene rings is 1. The molecule has 0 amide bonds. The summed E-state index contributed by atoms with van der Waals surface area (Å²) in [4.78, 5) is 0.0442. The minimum Gasteiger partial charge on any atom is -0.394 e. The summed E-state index contributed by atoms with van der Waals surface area (Å²) in [5.41, 5.74) is 0. The molecule has 1 fully saturated rings. The van der Waals surface area contributed by atoms with Gasteiger partial charge in [0.1, 0.15) is 0 Å². The maximum absolute atomic E-state index is 12.5. The van der Waals surface area contributed by atoms with Gasteiger partial charge in [-0.3, -0.25) is 0 Å². The maximum Gasteiger partial charge on any atom is 0.240 e. The second-order valence-electron chi connectivity index (χ2n) is 6.33. The zero-order valence-electron chi connectivity index (χ0n) is 15.0. The fourth-order valence-corrected chi connectivity index (χ4v) is 5.09. The predicted octanol–water partition coefficient (Wildman–Crippen LogP) is 0.856.